The van der Waals surface area contributed by atoms with E-state index in [1.54, 1.807) is 0 Å². The lowest BCUT2D eigenvalue weighted by Crippen LogP contribution is -2.40. The molecule has 4 heteroatoms. The van der Waals surface area contributed by atoms with Gasteiger partial charge in [0.25, 0.3) is 0 Å². The number of rotatable bonds is 5. The van der Waals surface area contributed by atoms with Gasteiger partial charge in [-0.1, -0.05) is 31.2 Å². The Balaban J connectivity index is 1.71. The van der Waals surface area contributed by atoms with Crippen LogP contribution in [0.25, 0.3) is 0 Å². The van der Waals surface area contributed by atoms with Crippen molar-refractivity contribution in [2.75, 3.05) is 16.8 Å². The molecule has 1 aliphatic heterocycles. The fourth-order valence-corrected chi connectivity index (χ4v) is 3.27. The Labute approximate surface area is 139 Å². The summed E-state index contributed by atoms with van der Waals surface area (Å²) in [6.07, 6.45) is 6.83. The molecule has 1 fully saturated rings. The second-order valence-electron chi connectivity index (χ2n) is 6.27. The van der Waals surface area contributed by atoms with E-state index >= 15 is 0 Å². The van der Waals surface area contributed by atoms with Crippen molar-refractivity contribution in [3.8, 4) is 0 Å². The zero-order chi connectivity index (χ0) is 16.1. The number of aryl methyl sites for hydroxylation is 1. The summed E-state index contributed by atoms with van der Waals surface area (Å²) in [5.74, 6) is 1.77. The van der Waals surface area contributed by atoms with Gasteiger partial charge < -0.3 is 10.2 Å². The van der Waals surface area contributed by atoms with E-state index in [-0.39, 0.29) is 0 Å². The summed E-state index contributed by atoms with van der Waals surface area (Å²) in [7, 11) is 0. The summed E-state index contributed by atoms with van der Waals surface area (Å²) < 4.78 is 0. The van der Waals surface area contributed by atoms with Crippen LogP contribution >= 0.6 is 0 Å². The molecular weight excluding hydrogens is 284 g/mol. The van der Waals surface area contributed by atoms with E-state index in [4.69, 9.17) is 4.98 Å². The molecule has 23 heavy (non-hydrogen) atoms. The molecule has 0 bridgehead atoms. The molecule has 1 aromatic heterocycles. The van der Waals surface area contributed by atoms with Crippen molar-refractivity contribution in [1.82, 2.24) is 9.97 Å². The molecule has 1 saturated heterocycles. The molecule has 4 nitrogen and oxygen atoms in total. The summed E-state index contributed by atoms with van der Waals surface area (Å²) in [5.41, 5.74) is 2.61. The lowest BCUT2D eigenvalue weighted by atomic mass is 10.0. The highest BCUT2D eigenvalue weighted by Crippen LogP contribution is 2.24. The highest BCUT2D eigenvalue weighted by atomic mass is 15.3. The predicted molar refractivity (Wildman–Crippen MR) is 95.8 cm³/mol. The third-order valence-corrected chi connectivity index (χ3v) is 4.72. The van der Waals surface area contributed by atoms with Gasteiger partial charge in [0.05, 0.1) is 0 Å². The summed E-state index contributed by atoms with van der Waals surface area (Å²) in [4.78, 5) is 11.6. The summed E-state index contributed by atoms with van der Waals surface area (Å²) in [6, 6.07) is 11.0. The van der Waals surface area contributed by atoms with E-state index in [9.17, 15) is 0 Å². The van der Waals surface area contributed by atoms with Crippen LogP contribution in [0.3, 0.4) is 0 Å². The number of hydrogen-bond donors (Lipinski definition) is 1. The molecule has 1 unspecified atom stereocenters. The van der Waals surface area contributed by atoms with Crippen LogP contribution in [-0.2, 0) is 6.54 Å². The average Bonchev–Trinajstić information content (AvgIpc) is 2.61. The minimum absolute atomic E-state index is 0.579. The van der Waals surface area contributed by atoms with E-state index in [1.807, 2.05) is 12.3 Å². The molecule has 122 valence electrons. The molecule has 2 heterocycles. The van der Waals surface area contributed by atoms with Gasteiger partial charge in [-0.2, -0.15) is 4.98 Å². The van der Waals surface area contributed by atoms with Gasteiger partial charge in [-0.05, 0) is 49.8 Å². The smallest absolute Gasteiger partial charge is 0.227 e. The lowest BCUT2D eigenvalue weighted by molar-refractivity contribution is 0.443. The number of nitrogens with zero attached hydrogens (tertiary/aromatic N) is 3. The Morgan fingerprint density at radius 1 is 1.22 bits per heavy atom. The fraction of sp³-hybridized carbons (Fsp3) is 0.474. The number of benzene rings is 1. The molecule has 2 aromatic rings. The molecule has 1 aliphatic rings. The van der Waals surface area contributed by atoms with Crippen molar-refractivity contribution in [3.63, 3.8) is 0 Å². The second-order valence-corrected chi connectivity index (χ2v) is 6.27. The first-order valence-corrected chi connectivity index (χ1v) is 8.66. The summed E-state index contributed by atoms with van der Waals surface area (Å²) >= 11 is 0. The van der Waals surface area contributed by atoms with Crippen LogP contribution in [0.4, 0.5) is 11.8 Å². The quantitative estimate of drug-likeness (QED) is 0.900. The van der Waals surface area contributed by atoms with E-state index in [2.05, 4.69) is 53.3 Å². The van der Waals surface area contributed by atoms with Crippen LogP contribution in [0.1, 0.15) is 43.7 Å². The van der Waals surface area contributed by atoms with Crippen molar-refractivity contribution in [1.29, 1.82) is 0 Å². The Hall–Kier alpha value is -2.10. The van der Waals surface area contributed by atoms with Crippen LogP contribution in [-0.4, -0.2) is 22.6 Å². The van der Waals surface area contributed by atoms with Gasteiger partial charge in [-0.25, -0.2) is 4.98 Å². The van der Waals surface area contributed by atoms with Crippen molar-refractivity contribution in [3.05, 3.63) is 47.7 Å². The van der Waals surface area contributed by atoms with E-state index in [0.29, 0.717) is 6.04 Å². The third-order valence-electron chi connectivity index (χ3n) is 4.72. The van der Waals surface area contributed by atoms with Crippen molar-refractivity contribution in [2.45, 2.75) is 52.1 Å². The molecule has 0 aliphatic carbocycles. The number of piperidine rings is 1. The van der Waals surface area contributed by atoms with Crippen LogP contribution in [0.15, 0.2) is 36.5 Å². The van der Waals surface area contributed by atoms with Gasteiger partial charge in [0.2, 0.25) is 5.95 Å². The first kappa shape index (κ1) is 15.8. The molecule has 0 saturated carbocycles. The molecule has 3 rings (SSSR count). The molecule has 0 radical (unpaired) electrons. The number of aromatic nitrogens is 2. The summed E-state index contributed by atoms with van der Waals surface area (Å²) in [6.45, 7) is 6.26. The van der Waals surface area contributed by atoms with Crippen LogP contribution in [0.2, 0.25) is 0 Å². The van der Waals surface area contributed by atoms with Gasteiger partial charge in [0.1, 0.15) is 5.82 Å². The van der Waals surface area contributed by atoms with E-state index < -0.39 is 0 Å². The maximum atomic E-state index is 4.74. The molecule has 1 aromatic carbocycles. The first-order chi connectivity index (χ1) is 11.3. The third kappa shape index (κ3) is 3.81. The first-order valence-electron chi connectivity index (χ1n) is 8.66. The monoisotopic (exact) mass is 310 g/mol. The van der Waals surface area contributed by atoms with E-state index in [0.717, 1.165) is 31.3 Å². The van der Waals surface area contributed by atoms with Gasteiger partial charge >= 0.3 is 0 Å². The SMILES string of the molecule is CCC1CCCCN1c1nccc(NCc2ccccc2C)n1. The zero-order valence-corrected chi connectivity index (χ0v) is 14.1. The maximum Gasteiger partial charge on any atom is 0.227 e. The number of nitrogens with one attached hydrogen (secondary N) is 1. The maximum absolute atomic E-state index is 4.74. The number of hydrogen-bond acceptors (Lipinski definition) is 4. The van der Waals surface area contributed by atoms with Crippen LogP contribution in [0, 0.1) is 6.92 Å². The Bertz CT molecular complexity index is 641. The average molecular weight is 310 g/mol. The minimum atomic E-state index is 0.579. The largest absolute Gasteiger partial charge is 0.366 e. The molecule has 1 atom stereocenters. The Morgan fingerprint density at radius 3 is 2.91 bits per heavy atom. The molecular formula is C19H26N4. The Kier molecular flexibility index (Phi) is 5.11. The lowest BCUT2D eigenvalue weighted by Gasteiger charge is -2.35. The van der Waals surface area contributed by atoms with Gasteiger partial charge in [0, 0.05) is 25.3 Å². The van der Waals surface area contributed by atoms with Crippen molar-refractivity contribution in [2.24, 2.45) is 0 Å². The second kappa shape index (κ2) is 7.44. The predicted octanol–water partition coefficient (Wildman–Crippen LogP) is 4.17. The van der Waals surface area contributed by atoms with Gasteiger partial charge in [-0.3, -0.25) is 0 Å². The minimum Gasteiger partial charge on any atom is -0.366 e. The molecule has 0 spiro atoms. The Morgan fingerprint density at radius 2 is 2.09 bits per heavy atom. The van der Waals surface area contributed by atoms with Crippen LogP contribution < -0.4 is 10.2 Å². The summed E-state index contributed by atoms with van der Waals surface area (Å²) in [5, 5.41) is 3.44. The normalized spacial score (nSPS) is 18.0. The van der Waals surface area contributed by atoms with Gasteiger partial charge in [0.15, 0.2) is 0 Å². The standard InChI is InChI=1S/C19H26N4/c1-3-17-10-6-7-13-23(17)19-20-12-11-18(22-19)21-14-16-9-5-4-8-15(16)2/h4-5,8-9,11-12,17H,3,6-7,10,13-14H2,1-2H3,(H,20,21,22). The van der Waals surface area contributed by atoms with Crippen molar-refractivity contribution >= 4 is 11.8 Å². The molecule has 1 N–H and O–H groups in total. The fourth-order valence-electron chi connectivity index (χ4n) is 3.27. The van der Waals surface area contributed by atoms with Gasteiger partial charge in [-0.15, -0.1) is 0 Å². The van der Waals surface area contributed by atoms with Crippen LogP contribution in [0.5, 0.6) is 0 Å². The highest BCUT2D eigenvalue weighted by molar-refractivity contribution is 5.43. The topological polar surface area (TPSA) is 41.1 Å². The molecule has 0 amide bonds. The van der Waals surface area contributed by atoms with Crippen molar-refractivity contribution < 1.29 is 0 Å². The van der Waals surface area contributed by atoms with E-state index in [1.165, 1.54) is 30.4 Å². The number of anilines is 2. The highest BCUT2D eigenvalue weighted by Gasteiger charge is 2.23. The zero-order valence-electron chi connectivity index (χ0n) is 14.1.